The Morgan fingerprint density at radius 3 is 2.42 bits per heavy atom. The Hall–Kier alpha value is -2.49. The molecular weight excluding hydrogens is 248 g/mol. The van der Waals surface area contributed by atoms with Gasteiger partial charge in [0.25, 0.3) is 0 Å². The van der Waals surface area contributed by atoms with Crippen molar-refractivity contribution in [3.8, 4) is 17.0 Å². The maximum absolute atomic E-state index is 13.8. The van der Waals surface area contributed by atoms with Crippen LogP contribution in [-0.4, -0.2) is 10.1 Å². The van der Waals surface area contributed by atoms with Gasteiger partial charge < -0.3 is 5.11 Å². The van der Waals surface area contributed by atoms with Crippen molar-refractivity contribution in [2.75, 3.05) is 0 Å². The lowest BCUT2D eigenvalue weighted by Gasteiger charge is -2.08. The molecule has 3 aromatic rings. The molecule has 0 spiro atoms. The molecule has 0 amide bonds. The molecule has 0 bridgehead atoms. The van der Waals surface area contributed by atoms with E-state index < -0.39 is 11.6 Å². The zero-order valence-corrected chi connectivity index (χ0v) is 9.77. The summed E-state index contributed by atoms with van der Waals surface area (Å²) in [6.07, 6.45) is 1.26. The molecule has 94 valence electrons. The number of nitrogens with zero attached hydrogens (tertiary/aromatic N) is 1. The van der Waals surface area contributed by atoms with Gasteiger partial charge >= 0.3 is 0 Å². The van der Waals surface area contributed by atoms with Gasteiger partial charge in [-0.25, -0.2) is 8.78 Å². The van der Waals surface area contributed by atoms with E-state index in [1.807, 2.05) is 0 Å². The number of benzene rings is 2. The van der Waals surface area contributed by atoms with E-state index in [1.165, 1.54) is 18.3 Å². The van der Waals surface area contributed by atoms with Gasteiger partial charge in [0.1, 0.15) is 17.4 Å². The first-order valence-corrected chi connectivity index (χ1v) is 5.69. The molecule has 3 rings (SSSR count). The second kappa shape index (κ2) is 4.31. The Kier molecular flexibility index (Phi) is 2.63. The fraction of sp³-hybridized carbons (Fsp3) is 0. The summed E-state index contributed by atoms with van der Waals surface area (Å²) in [5, 5.41) is 10.9. The number of fused-ring (bicyclic) bond motifs is 1. The molecule has 0 saturated carbocycles. The standard InChI is InChI=1S/C15H9F2NO/c16-9-5-6-12(13(17)7-9)15-11-4-2-1-3-10(11)14(19)8-18-15/h1-8,19H. The molecule has 1 aromatic heterocycles. The smallest absolute Gasteiger partial charge is 0.141 e. The predicted molar refractivity (Wildman–Crippen MR) is 68.8 cm³/mol. The number of hydrogen-bond donors (Lipinski definition) is 1. The summed E-state index contributed by atoms with van der Waals surface area (Å²) in [4.78, 5) is 4.05. The molecule has 0 aliphatic carbocycles. The van der Waals surface area contributed by atoms with Gasteiger partial charge in [-0.3, -0.25) is 4.98 Å². The Labute approximate surface area is 108 Å². The van der Waals surface area contributed by atoms with Crippen molar-refractivity contribution >= 4 is 10.8 Å². The number of aromatic nitrogens is 1. The topological polar surface area (TPSA) is 33.1 Å². The number of aromatic hydroxyl groups is 1. The van der Waals surface area contributed by atoms with E-state index in [9.17, 15) is 13.9 Å². The van der Waals surface area contributed by atoms with Crippen LogP contribution >= 0.6 is 0 Å². The van der Waals surface area contributed by atoms with Crippen LogP contribution in [0, 0.1) is 11.6 Å². The van der Waals surface area contributed by atoms with Gasteiger partial charge in [-0.1, -0.05) is 24.3 Å². The van der Waals surface area contributed by atoms with Crippen molar-refractivity contribution in [2.24, 2.45) is 0 Å². The van der Waals surface area contributed by atoms with Crippen molar-refractivity contribution in [1.29, 1.82) is 0 Å². The third-order valence-electron chi connectivity index (χ3n) is 2.96. The average molecular weight is 257 g/mol. The van der Waals surface area contributed by atoms with Crippen molar-refractivity contribution in [2.45, 2.75) is 0 Å². The minimum Gasteiger partial charge on any atom is -0.506 e. The first-order chi connectivity index (χ1) is 9.16. The number of pyridine rings is 1. The van der Waals surface area contributed by atoms with E-state index in [-0.39, 0.29) is 11.3 Å². The maximum atomic E-state index is 13.8. The van der Waals surface area contributed by atoms with Crippen LogP contribution in [0.2, 0.25) is 0 Å². The lowest BCUT2D eigenvalue weighted by Crippen LogP contribution is -1.91. The highest BCUT2D eigenvalue weighted by atomic mass is 19.1. The van der Waals surface area contributed by atoms with Crippen LogP contribution < -0.4 is 0 Å². The maximum Gasteiger partial charge on any atom is 0.141 e. The number of hydrogen-bond acceptors (Lipinski definition) is 2. The van der Waals surface area contributed by atoms with Gasteiger partial charge in [0.15, 0.2) is 0 Å². The van der Waals surface area contributed by atoms with Gasteiger partial charge in [-0.15, -0.1) is 0 Å². The highest BCUT2D eigenvalue weighted by molar-refractivity contribution is 5.97. The fourth-order valence-corrected chi connectivity index (χ4v) is 2.07. The van der Waals surface area contributed by atoms with Crippen LogP contribution in [0.1, 0.15) is 0 Å². The summed E-state index contributed by atoms with van der Waals surface area (Å²) in [5.41, 5.74) is 0.587. The summed E-state index contributed by atoms with van der Waals surface area (Å²) < 4.78 is 26.8. The third-order valence-corrected chi connectivity index (χ3v) is 2.96. The second-order valence-electron chi connectivity index (χ2n) is 4.16. The molecular formula is C15H9F2NO. The van der Waals surface area contributed by atoms with Crippen molar-refractivity contribution in [3.63, 3.8) is 0 Å². The Balaban J connectivity index is 2.34. The lowest BCUT2D eigenvalue weighted by atomic mass is 10.0. The molecule has 1 N–H and O–H groups in total. The summed E-state index contributed by atoms with van der Waals surface area (Å²) in [7, 11) is 0. The van der Waals surface area contributed by atoms with Crippen LogP contribution in [0.5, 0.6) is 5.75 Å². The molecule has 0 aliphatic heterocycles. The Morgan fingerprint density at radius 1 is 0.947 bits per heavy atom. The number of rotatable bonds is 1. The average Bonchev–Trinajstić information content (AvgIpc) is 2.41. The second-order valence-corrected chi connectivity index (χ2v) is 4.16. The minimum absolute atomic E-state index is 0.0295. The zero-order chi connectivity index (χ0) is 13.4. The van der Waals surface area contributed by atoms with Crippen molar-refractivity contribution in [1.82, 2.24) is 4.98 Å². The number of halogens is 2. The highest BCUT2D eigenvalue weighted by Crippen LogP contribution is 2.32. The fourth-order valence-electron chi connectivity index (χ4n) is 2.07. The molecule has 0 atom stereocenters. The first-order valence-electron chi connectivity index (χ1n) is 5.69. The van der Waals surface area contributed by atoms with Gasteiger partial charge in [0, 0.05) is 22.4 Å². The molecule has 19 heavy (non-hydrogen) atoms. The largest absolute Gasteiger partial charge is 0.506 e. The van der Waals surface area contributed by atoms with E-state index in [2.05, 4.69) is 4.98 Å². The predicted octanol–water partition coefficient (Wildman–Crippen LogP) is 3.89. The Morgan fingerprint density at radius 2 is 1.68 bits per heavy atom. The van der Waals surface area contributed by atoms with E-state index in [4.69, 9.17) is 0 Å². The van der Waals surface area contributed by atoms with E-state index in [0.717, 1.165) is 6.07 Å². The first kappa shape index (κ1) is 11.6. The highest BCUT2D eigenvalue weighted by Gasteiger charge is 2.12. The molecule has 0 saturated heterocycles. The quantitative estimate of drug-likeness (QED) is 0.717. The van der Waals surface area contributed by atoms with E-state index in [0.29, 0.717) is 16.5 Å². The third kappa shape index (κ3) is 1.91. The molecule has 0 fully saturated rings. The monoisotopic (exact) mass is 257 g/mol. The molecule has 1 heterocycles. The normalized spacial score (nSPS) is 10.8. The van der Waals surface area contributed by atoms with Crippen LogP contribution in [0.3, 0.4) is 0 Å². The summed E-state index contributed by atoms with van der Waals surface area (Å²) in [6.45, 7) is 0. The van der Waals surface area contributed by atoms with Gasteiger partial charge in [-0.2, -0.15) is 0 Å². The minimum atomic E-state index is -0.677. The molecule has 2 nitrogen and oxygen atoms in total. The van der Waals surface area contributed by atoms with Crippen LogP contribution in [0.25, 0.3) is 22.0 Å². The van der Waals surface area contributed by atoms with Gasteiger partial charge in [-0.05, 0) is 12.1 Å². The lowest BCUT2D eigenvalue weighted by molar-refractivity contribution is 0.479. The van der Waals surface area contributed by atoms with Crippen LogP contribution in [-0.2, 0) is 0 Å². The summed E-state index contributed by atoms with van der Waals surface area (Å²) in [5.74, 6) is -1.28. The van der Waals surface area contributed by atoms with Crippen molar-refractivity contribution < 1.29 is 13.9 Å². The van der Waals surface area contributed by atoms with Crippen LogP contribution in [0.15, 0.2) is 48.7 Å². The summed E-state index contributed by atoms with van der Waals surface area (Å²) >= 11 is 0. The molecule has 0 unspecified atom stereocenters. The Bertz CT molecular complexity index is 771. The van der Waals surface area contributed by atoms with Gasteiger partial charge in [0.2, 0.25) is 0 Å². The molecule has 0 radical (unpaired) electrons. The van der Waals surface area contributed by atoms with Crippen molar-refractivity contribution in [3.05, 3.63) is 60.3 Å². The SMILES string of the molecule is Oc1cnc(-c2ccc(F)cc2F)c2ccccc12. The molecule has 2 aromatic carbocycles. The molecule has 0 aliphatic rings. The summed E-state index contributed by atoms with van der Waals surface area (Å²) in [6, 6.07) is 10.3. The van der Waals surface area contributed by atoms with E-state index >= 15 is 0 Å². The zero-order valence-electron chi connectivity index (χ0n) is 9.77. The van der Waals surface area contributed by atoms with Gasteiger partial charge in [0.05, 0.1) is 11.9 Å². The molecule has 4 heteroatoms. The van der Waals surface area contributed by atoms with Crippen LogP contribution in [0.4, 0.5) is 8.78 Å². The van der Waals surface area contributed by atoms with E-state index in [1.54, 1.807) is 24.3 Å².